The molecule has 4 rings (SSSR count). The fraction of sp³-hybridized carbons (Fsp3) is 0.581. The van der Waals surface area contributed by atoms with Crippen molar-refractivity contribution >= 4 is 31.9 Å². The number of primary amides is 1. The van der Waals surface area contributed by atoms with Crippen LogP contribution in [0.5, 0.6) is 0 Å². The number of nitrogens with two attached hydrogens (primary N) is 1. The molecule has 2 atom stereocenters. The van der Waals surface area contributed by atoms with Crippen LogP contribution in [0.2, 0.25) is 0 Å². The van der Waals surface area contributed by atoms with Crippen LogP contribution in [0.1, 0.15) is 104 Å². The van der Waals surface area contributed by atoms with Crippen LogP contribution < -0.4 is 5.73 Å². The van der Waals surface area contributed by atoms with Crippen molar-refractivity contribution in [1.82, 2.24) is 4.31 Å². The summed E-state index contributed by atoms with van der Waals surface area (Å²) in [4.78, 5) is 11.3. The molecule has 2 fully saturated rings. The highest BCUT2D eigenvalue weighted by atomic mass is 79.9. The van der Waals surface area contributed by atoms with Crippen LogP contribution in [-0.4, -0.2) is 25.7 Å². The number of hydrogen-bond donors (Lipinski definition) is 1. The third kappa shape index (κ3) is 9.80. The first-order valence-electron chi connectivity index (χ1n) is 13.4. The Morgan fingerprint density at radius 3 is 2.03 bits per heavy atom. The van der Waals surface area contributed by atoms with Crippen molar-refractivity contribution in [2.45, 2.75) is 99.4 Å². The van der Waals surface area contributed by atoms with Crippen molar-refractivity contribution in [3.63, 3.8) is 0 Å². The Bertz CT molecular complexity index is 1100. The third-order valence-corrected chi connectivity index (χ3v) is 9.77. The van der Waals surface area contributed by atoms with Gasteiger partial charge in [0.15, 0.2) is 0 Å². The van der Waals surface area contributed by atoms with Crippen LogP contribution in [0.3, 0.4) is 0 Å². The molecule has 0 aromatic heterocycles. The zero-order chi connectivity index (χ0) is 28.4. The fourth-order valence-corrected chi connectivity index (χ4v) is 7.45. The lowest BCUT2D eigenvalue weighted by Gasteiger charge is -2.32. The normalized spacial score (nSPS) is 20.5. The number of carbonyl (C=O) groups excluding carboxylic acids is 1. The first-order valence-corrected chi connectivity index (χ1v) is 15.6. The zero-order valence-electron chi connectivity index (χ0n) is 24.0. The molecule has 2 aliphatic carbocycles. The molecule has 2 aliphatic rings. The lowest BCUT2D eigenvalue weighted by molar-refractivity contribution is 0.1000. The van der Waals surface area contributed by atoms with E-state index in [2.05, 4.69) is 50.5 Å². The Morgan fingerprint density at radius 1 is 1.08 bits per heavy atom. The second-order valence-electron chi connectivity index (χ2n) is 10.9. The van der Waals surface area contributed by atoms with Gasteiger partial charge in [-0.15, -0.1) is 0 Å². The standard InChI is InChI=1S/C15H15BrN2O3S.C10H18.C3H8.C2H6.CH4/c1-18(10-11-5-3-2-4-6-11)22(20,21)14-9-12(15(17)19)7-8-13(14)16;1-9(2)7-10(3)5-4-8(9)6-10;1-3-2;1-2;/h2-9H,10H2,1H3,(H2,17,19);8H,4-7H2,1-3H3;3H2,1-2H3;1-2H3;1H4/t;8-,10?;;;/m.1.../s1. The van der Waals surface area contributed by atoms with Crippen LogP contribution in [0.25, 0.3) is 0 Å². The van der Waals surface area contributed by atoms with E-state index in [-0.39, 0.29) is 24.4 Å². The summed E-state index contributed by atoms with van der Waals surface area (Å²) < 4.78 is 27.0. The summed E-state index contributed by atoms with van der Waals surface area (Å²) >= 11 is 3.21. The van der Waals surface area contributed by atoms with Crippen molar-refractivity contribution < 1.29 is 13.2 Å². The number of amides is 1. The summed E-state index contributed by atoms with van der Waals surface area (Å²) in [6.07, 6.45) is 7.25. The molecule has 2 saturated carbocycles. The third-order valence-electron chi connectivity index (χ3n) is 6.98. The quantitative estimate of drug-likeness (QED) is 0.367. The lowest BCUT2D eigenvalue weighted by Crippen LogP contribution is -2.27. The van der Waals surface area contributed by atoms with E-state index in [1.165, 1.54) is 61.7 Å². The highest BCUT2D eigenvalue weighted by Crippen LogP contribution is 2.62. The Balaban J connectivity index is 0.000000709. The molecule has 2 N–H and O–H groups in total. The van der Waals surface area contributed by atoms with Crippen molar-refractivity contribution in [3.8, 4) is 0 Å². The van der Waals surface area contributed by atoms with Gasteiger partial charge in [0.05, 0.1) is 4.90 Å². The summed E-state index contributed by atoms with van der Waals surface area (Å²) in [5.41, 5.74) is 7.65. The molecule has 216 valence electrons. The van der Waals surface area contributed by atoms with Gasteiger partial charge in [0.25, 0.3) is 0 Å². The van der Waals surface area contributed by atoms with E-state index < -0.39 is 15.9 Å². The Hall–Kier alpha value is -1.70. The van der Waals surface area contributed by atoms with Crippen molar-refractivity contribution in [2.75, 3.05) is 7.05 Å². The highest BCUT2D eigenvalue weighted by Gasteiger charge is 2.51. The van der Waals surface area contributed by atoms with E-state index >= 15 is 0 Å². The Kier molecular flexibility index (Phi) is 15.1. The minimum Gasteiger partial charge on any atom is -0.366 e. The van der Waals surface area contributed by atoms with E-state index in [1.807, 2.05) is 44.2 Å². The molecule has 0 heterocycles. The van der Waals surface area contributed by atoms with Gasteiger partial charge >= 0.3 is 0 Å². The molecule has 5 nitrogen and oxygen atoms in total. The average molecular weight is 612 g/mol. The molecule has 0 aliphatic heterocycles. The van der Waals surface area contributed by atoms with Gasteiger partial charge in [0, 0.05) is 23.6 Å². The maximum atomic E-state index is 12.7. The molecular weight excluding hydrogens is 560 g/mol. The predicted octanol–water partition coefficient (Wildman–Crippen LogP) is 8.67. The van der Waals surface area contributed by atoms with Crippen LogP contribution in [-0.2, 0) is 16.6 Å². The van der Waals surface area contributed by atoms with Gasteiger partial charge < -0.3 is 5.73 Å². The SMILES string of the molecule is C.CC.CC12CC[C@H](C1)C(C)(C)C2.CCC.CN(Cc1ccccc1)S(=O)(=O)c1cc(C(N)=O)ccc1Br. The summed E-state index contributed by atoms with van der Waals surface area (Å²) in [5, 5.41) is 0. The second kappa shape index (κ2) is 15.8. The molecule has 7 heteroatoms. The first-order chi connectivity index (χ1) is 17.3. The number of nitrogens with zero attached hydrogens (tertiary/aromatic N) is 1. The summed E-state index contributed by atoms with van der Waals surface area (Å²) in [6, 6.07) is 13.5. The number of sulfonamides is 1. The molecule has 0 radical (unpaired) electrons. The number of halogens is 1. The Morgan fingerprint density at radius 2 is 1.63 bits per heavy atom. The van der Waals surface area contributed by atoms with E-state index in [0.717, 1.165) is 16.9 Å². The number of fused-ring (bicyclic) bond motifs is 2. The molecule has 2 aromatic carbocycles. The molecule has 1 amide bonds. The molecule has 1 unspecified atom stereocenters. The molecular formula is C31H51BrN2O3S. The van der Waals surface area contributed by atoms with Gasteiger partial charge in [-0.05, 0) is 82.1 Å². The van der Waals surface area contributed by atoms with E-state index in [9.17, 15) is 13.2 Å². The van der Waals surface area contributed by atoms with Crippen LogP contribution >= 0.6 is 15.9 Å². The first kappa shape index (κ1) is 36.3. The molecule has 2 bridgehead atoms. The molecule has 0 saturated heterocycles. The Labute approximate surface area is 241 Å². The van der Waals surface area contributed by atoms with Crippen molar-refractivity contribution in [1.29, 1.82) is 0 Å². The van der Waals surface area contributed by atoms with E-state index in [0.29, 0.717) is 9.89 Å². The monoisotopic (exact) mass is 610 g/mol. The molecule has 2 aromatic rings. The van der Waals surface area contributed by atoms with Crippen LogP contribution in [0.4, 0.5) is 0 Å². The minimum atomic E-state index is -3.75. The molecule has 38 heavy (non-hydrogen) atoms. The van der Waals surface area contributed by atoms with E-state index in [4.69, 9.17) is 5.73 Å². The second-order valence-corrected chi connectivity index (χ2v) is 13.7. The topological polar surface area (TPSA) is 80.5 Å². The largest absolute Gasteiger partial charge is 0.366 e. The van der Waals surface area contributed by atoms with Gasteiger partial charge in [0.2, 0.25) is 15.9 Å². The van der Waals surface area contributed by atoms with E-state index in [1.54, 1.807) is 0 Å². The highest BCUT2D eigenvalue weighted by molar-refractivity contribution is 9.10. The number of benzene rings is 2. The predicted molar refractivity (Wildman–Crippen MR) is 166 cm³/mol. The lowest BCUT2D eigenvalue weighted by atomic mass is 9.73. The van der Waals surface area contributed by atoms with Gasteiger partial charge in [-0.3, -0.25) is 4.79 Å². The fourth-order valence-electron chi connectivity index (χ4n) is 5.34. The number of rotatable bonds is 5. The van der Waals surface area contributed by atoms with Gasteiger partial charge in [-0.1, -0.05) is 92.6 Å². The average Bonchev–Trinajstić information content (AvgIpc) is 3.34. The van der Waals surface area contributed by atoms with Gasteiger partial charge in [0.1, 0.15) is 0 Å². The molecule has 0 spiro atoms. The van der Waals surface area contributed by atoms with Gasteiger partial charge in [-0.25, -0.2) is 8.42 Å². The van der Waals surface area contributed by atoms with Crippen molar-refractivity contribution in [3.05, 3.63) is 64.1 Å². The summed E-state index contributed by atoms with van der Waals surface area (Å²) in [7, 11) is -2.25. The zero-order valence-corrected chi connectivity index (χ0v) is 26.4. The maximum Gasteiger partial charge on any atom is 0.248 e. The number of hydrogen-bond acceptors (Lipinski definition) is 3. The number of carbonyl (C=O) groups is 1. The van der Waals surface area contributed by atoms with Gasteiger partial charge in [-0.2, -0.15) is 4.31 Å². The smallest absolute Gasteiger partial charge is 0.248 e. The summed E-state index contributed by atoms with van der Waals surface area (Å²) in [6.45, 7) is 15.8. The van der Waals surface area contributed by atoms with Crippen LogP contribution in [0, 0.1) is 16.7 Å². The van der Waals surface area contributed by atoms with Crippen LogP contribution in [0.15, 0.2) is 57.9 Å². The maximum absolute atomic E-state index is 12.7. The minimum absolute atomic E-state index is 0. The summed E-state index contributed by atoms with van der Waals surface area (Å²) in [5.74, 6) is 0.382. The van der Waals surface area contributed by atoms with Crippen molar-refractivity contribution in [2.24, 2.45) is 22.5 Å².